The summed E-state index contributed by atoms with van der Waals surface area (Å²) in [5, 5.41) is 10.2. The van der Waals surface area contributed by atoms with Gasteiger partial charge >= 0.3 is 28.3 Å². The minimum atomic E-state index is -1.04. The van der Waals surface area contributed by atoms with Crippen molar-refractivity contribution in [2.75, 3.05) is 7.11 Å². The monoisotopic (exact) mass is 322 g/mol. The molecule has 98 valence electrons. The molecule has 0 bridgehead atoms. The number of carbonyl (C=O) groups is 2. The molecule has 0 aromatic heterocycles. The molecule has 16 heavy (non-hydrogen) atoms. The number of carbonyl (C=O) groups excluding carboxylic acids is 2. The first-order valence-electron chi connectivity index (χ1n) is 5.10. The van der Waals surface area contributed by atoms with Crippen LogP contribution >= 0.6 is 0 Å². The maximum absolute atomic E-state index is 11.4. The first-order valence-corrected chi connectivity index (χ1v) is 5.10. The van der Waals surface area contributed by atoms with Crippen LogP contribution in [0.1, 0.15) is 40.0 Å². The molecule has 0 fully saturated rings. The fourth-order valence-electron chi connectivity index (χ4n) is 1.38. The molecule has 0 aromatic carbocycles. The molecule has 5 heteroatoms. The van der Waals surface area contributed by atoms with Crippen LogP contribution in [0.3, 0.4) is 0 Å². The Balaban J connectivity index is 0. The number of ether oxygens (including phenoxy) is 1. The van der Waals surface area contributed by atoms with Crippen LogP contribution < -0.4 is 5.11 Å². The van der Waals surface area contributed by atoms with Crippen LogP contribution in [0, 0.1) is 11.3 Å². The van der Waals surface area contributed by atoms with Crippen molar-refractivity contribution in [2.45, 2.75) is 40.0 Å². The smallest absolute Gasteiger partial charge is 0.550 e. The second-order valence-corrected chi connectivity index (χ2v) is 4.38. The van der Waals surface area contributed by atoms with Crippen molar-refractivity contribution >= 4 is 11.9 Å². The van der Waals surface area contributed by atoms with Crippen LogP contribution in [0.15, 0.2) is 0 Å². The predicted molar refractivity (Wildman–Crippen MR) is 53.8 cm³/mol. The molecule has 1 atom stereocenters. The second-order valence-electron chi connectivity index (χ2n) is 4.38. The van der Waals surface area contributed by atoms with Crippen molar-refractivity contribution in [1.29, 1.82) is 0 Å². The Morgan fingerprint density at radius 1 is 1.38 bits per heavy atom. The molecule has 1 unspecified atom stereocenters. The molecular formula is C11H19AgO4. The Hall–Kier alpha value is -0.320. The predicted octanol–water partition coefficient (Wildman–Crippen LogP) is 0.739. The average Bonchev–Trinajstić information content (AvgIpc) is 2.15. The molecule has 0 aromatic rings. The third-order valence-electron chi connectivity index (χ3n) is 2.96. The van der Waals surface area contributed by atoms with Gasteiger partial charge in [0.2, 0.25) is 0 Å². The minimum absolute atomic E-state index is 0. The summed E-state index contributed by atoms with van der Waals surface area (Å²) < 4.78 is 4.70. The first-order chi connectivity index (χ1) is 6.82. The van der Waals surface area contributed by atoms with Gasteiger partial charge < -0.3 is 14.6 Å². The molecule has 4 nitrogen and oxygen atoms in total. The van der Waals surface area contributed by atoms with Crippen LogP contribution in [0.2, 0.25) is 0 Å². The Labute approximate surface area is 112 Å². The number of carboxylic acids is 1. The summed E-state index contributed by atoms with van der Waals surface area (Å²) in [5.41, 5.74) is -0.569. The van der Waals surface area contributed by atoms with Gasteiger partial charge in [-0.1, -0.05) is 6.92 Å². The van der Waals surface area contributed by atoms with Crippen molar-refractivity contribution in [2.24, 2.45) is 11.3 Å². The molecule has 0 spiro atoms. The Bertz CT molecular complexity index is 238. The molecule has 0 amide bonds. The van der Waals surface area contributed by atoms with E-state index in [4.69, 9.17) is 4.74 Å². The van der Waals surface area contributed by atoms with Gasteiger partial charge in [-0.15, -0.1) is 0 Å². The number of methoxy groups -OCH3 is 1. The number of aliphatic carboxylic acids is 1. The SMILES string of the molecule is COC(=O)C(C)(C)C(C)CCCC(=O)[O-].[Ag+]. The molecule has 0 saturated heterocycles. The normalized spacial score (nSPS) is 12.5. The van der Waals surface area contributed by atoms with E-state index in [0.717, 1.165) is 0 Å². The van der Waals surface area contributed by atoms with E-state index < -0.39 is 11.4 Å². The first kappa shape index (κ1) is 18.1. The van der Waals surface area contributed by atoms with Gasteiger partial charge in [-0.25, -0.2) is 0 Å². The van der Waals surface area contributed by atoms with Crippen LogP contribution in [-0.4, -0.2) is 19.0 Å². The molecule has 0 saturated carbocycles. The fraction of sp³-hybridized carbons (Fsp3) is 0.818. The maximum atomic E-state index is 11.4. The Morgan fingerprint density at radius 3 is 2.25 bits per heavy atom. The van der Waals surface area contributed by atoms with Gasteiger partial charge in [-0.05, 0) is 39.0 Å². The summed E-state index contributed by atoms with van der Waals surface area (Å²) in [6.07, 6.45) is 1.25. The summed E-state index contributed by atoms with van der Waals surface area (Å²) in [7, 11) is 1.36. The summed E-state index contributed by atoms with van der Waals surface area (Å²) >= 11 is 0. The average molecular weight is 323 g/mol. The van der Waals surface area contributed by atoms with Crippen LogP contribution in [0.5, 0.6) is 0 Å². The third kappa shape index (κ3) is 5.68. The quantitative estimate of drug-likeness (QED) is 0.534. The minimum Gasteiger partial charge on any atom is -0.550 e. The van der Waals surface area contributed by atoms with Crippen LogP contribution in [0.25, 0.3) is 0 Å². The number of rotatable bonds is 6. The summed E-state index contributed by atoms with van der Waals surface area (Å²) in [6.45, 7) is 5.54. The van der Waals surface area contributed by atoms with Crippen molar-refractivity contribution in [1.82, 2.24) is 0 Å². The topological polar surface area (TPSA) is 66.4 Å². The van der Waals surface area contributed by atoms with E-state index in [0.29, 0.717) is 12.8 Å². The molecular weight excluding hydrogens is 304 g/mol. The molecule has 0 aliphatic carbocycles. The van der Waals surface area contributed by atoms with E-state index in [2.05, 4.69) is 0 Å². The fourth-order valence-corrected chi connectivity index (χ4v) is 1.38. The number of hydrogen-bond acceptors (Lipinski definition) is 4. The van der Waals surface area contributed by atoms with Crippen molar-refractivity contribution in [3.05, 3.63) is 0 Å². The summed E-state index contributed by atoms with van der Waals surface area (Å²) in [5.74, 6) is -1.22. The van der Waals surface area contributed by atoms with E-state index in [1.54, 1.807) is 0 Å². The van der Waals surface area contributed by atoms with E-state index in [1.165, 1.54) is 7.11 Å². The zero-order chi connectivity index (χ0) is 12.1. The summed E-state index contributed by atoms with van der Waals surface area (Å²) in [4.78, 5) is 21.6. The largest absolute Gasteiger partial charge is 1.00 e. The van der Waals surface area contributed by atoms with Crippen molar-refractivity contribution in [3.63, 3.8) is 0 Å². The summed E-state index contributed by atoms with van der Waals surface area (Å²) in [6, 6.07) is 0. The number of carboxylic acid groups (broad SMARTS) is 1. The van der Waals surface area contributed by atoms with Gasteiger partial charge in [0.15, 0.2) is 0 Å². The van der Waals surface area contributed by atoms with Crippen molar-refractivity contribution in [3.8, 4) is 0 Å². The van der Waals surface area contributed by atoms with Gasteiger partial charge in [-0.3, -0.25) is 4.79 Å². The number of esters is 1. The van der Waals surface area contributed by atoms with Crippen LogP contribution in [0.4, 0.5) is 0 Å². The van der Waals surface area contributed by atoms with Crippen LogP contribution in [-0.2, 0) is 36.7 Å². The zero-order valence-electron chi connectivity index (χ0n) is 10.1. The Morgan fingerprint density at radius 2 is 1.88 bits per heavy atom. The molecule has 0 rings (SSSR count). The second kappa shape index (κ2) is 7.87. The van der Waals surface area contributed by atoms with E-state index in [9.17, 15) is 14.7 Å². The van der Waals surface area contributed by atoms with E-state index in [-0.39, 0.29) is 40.7 Å². The third-order valence-corrected chi connectivity index (χ3v) is 2.96. The van der Waals surface area contributed by atoms with E-state index in [1.807, 2.05) is 20.8 Å². The van der Waals surface area contributed by atoms with E-state index >= 15 is 0 Å². The van der Waals surface area contributed by atoms with Gasteiger partial charge in [0.25, 0.3) is 0 Å². The molecule has 0 aliphatic rings. The molecule has 0 heterocycles. The molecule has 0 N–H and O–H groups in total. The number of hydrogen-bond donors (Lipinski definition) is 0. The zero-order valence-corrected chi connectivity index (χ0v) is 11.6. The van der Waals surface area contributed by atoms with Gasteiger partial charge in [-0.2, -0.15) is 0 Å². The standard InChI is InChI=1S/C11H20O4.Ag/c1-8(6-5-7-9(12)13)11(2,3)10(14)15-4;/h8H,5-7H2,1-4H3,(H,12,13);/q;+1/p-1. The maximum Gasteiger partial charge on any atom is 1.00 e. The Kier molecular flexibility index (Phi) is 8.89. The van der Waals surface area contributed by atoms with Gasteiger partial charge in [0.1, 0.15) is 0 Å². The molecule has 0 aliphatic heterocycles. The van der Waals surface area contributed by atoms with Gasteiger partial charge in [0, 0.05) is 5.97 Å². The van der Waals surface area contributed by atoms with Gasteiger partial charge in [0.05, 0.1) is 12.5 Å². The van der Waals surface area contributed by atoms with Crippen molar-refractivity contribution < 1.29 is 41.8 Å². The molecule has 0 radical (unpaired) electrons.